The van der Waals surface area contributed by atoms with Crippen molar-refractivity contribution in [3.63, 3.8) is 0 Å². The van der Waals surface area contributed by atoms with E-state index in [1.807, 2.05) is 30.3 Å². The first-order chi connectivity index (χ1) is 13.5. The van der Waals surface area contributed by atoms with Crippen LogP contribution in [0.5, 0.6) is 0 Å². The van der Waals surface area contributed by atoms with Gasteiger partial charge in [0.2, 0.25) is 5.91 Å². The van der Waals surface area contributed by atoms with Gasteiger partial charge < -0.3 is 26.8 Å². The molecule has 0 unspecified atom stereocenters. The summed E-state index contributed by atoms with van der Waals surface area (Å²) in [6.45, 7) is 0.0969. The molecule has 2 rings (SSSR count). The van der Waals surface area contributed by atoms with Crippen molar-refractivity contribution in [1.82, 2.24) is 10.6 Å². The van der Waals surface area contributed by atoms with Crippen molar-refractivity contribution in [2.24, 2.45) is 17.4 Å². The minimum absolute atomic E-state index is 0.0969. The highest BCUT2D eigenvalue weighted by molar-refractivity contribution is 5.98. The first kappa shape index (κ1) is 21.3. The Balaban J connectivity index is 1.98. The van der Waals surface area contributed by atoms with Gasteiger partial charge in [-0.25, -0.2) is 4.79 Å². The number of primary amides is 1. The van der Waals surface area contributed by atoms with Gasteiger partial charge in [-0.15, -0.1) is 0 Å². The van der Waals surface area contributed by atoms with Gasteiger partial charge in [0.15, 0.2) is 0 Å². The molecule has 0 heterocycles. The third kappa shape index (κ3) is 6.94. The smallest absolute Gasteiger partial charge is 0.408 e. The van der Waals surface area contributed by atoms with Crippen LogP contribution in [0.15, 0.2) is 42.2 Å². The molecular formula is C20H28N4O4. The number of nitrogens with two attached hydrogens (primary N) is 2. The highest BCUT2D eigenvalue weighted by Crippen LogP contribution is 2.27. The first-order valence-electron chi connectivity index (χ1n) is 9.49. The van der Waals surface area contributed by atoms with Crippen LogP contribution < -0.4 is 22.1 Å². The van der Waals surface area contributed by atoms with Gasteiger partial charge in [0, 0.05) is 6.20 Å². The fourth-order valence-corrected chi connectivity index (χ4v) is 3.30. The van der Waals surface area contributed by atoms with Crippen LogP contribution in [-0.2, 0) is 20.9 Å². The summed E-state index contributed by atoms with van der Waals surface area (Å²) in [5.41, 5.74) is 11.1. The summed E-state index contributed by atoms with van der Waals surface area (Å²) in [7, 11) is 0. The van der Waals surface area contributed by atoms with E-state index in [0.717, 1.165) is 37.4 Å². The Hall–Kier alpha value is -3.03. The first-order valence-corrected chi connectivity index (χ1v) is 9.49. The third-order valence-electron chi connectivity index (χ3n) is 4.81. The Morgan fingerprint density at radius 3 is 2.43 bits per heavy atom. The van der Waals surface area contributed by atoms with Gasteiger partial charge >= 0.3 is 6.09 Å². The summed E-state index contributed by atoms with van der Waals surface area (Å²) in [5.74, 6) is -1.07. The number of carbonyl (C=O) groups is 3. The molecule has 1 aromatic carbocycles. The van der Waals surface area contributed by atoms with Gasteiger partial charge in [0.1, 0.15) is 18.3 Å². The molecule has 1 aliphatic carbocycles. The molecule has 1 atom stereocenters. The molecule has 0 saturated heterocycles. The number of hydrogen-bond donors (Lipinski definition) is 4. The van der Waals surface area contributed by atoms with Crippen LogP contribution in [0.4, 0.5) is 4.79 Å². The van der Waals surface area contributed by atoms with Crippen LogP contribution in [0.2, 0.25) is 0 Å². The second-order valence-corrected chi connectivity index (χ2v) is 6.93. The highest BCUT2D eigenvalue weighted by atomic mass is 16.5. The van der Waals surface area contributed by atoms with E-state index in [1.165, 1.54) is 6.42 Å². The molecule has 152 valence electrons. The SMILES string of the molecule is N/C=C(/NC(=O)[C@H](CC1CCCCC1)NC(=O)OCc1ccccc1)C(N)=O. The Labute approximate surface area is 164 Å². The van der Waals surface area contributed by atoms with E-state index in [2.05, 4.69) is 10.6 Å². The van der Waals surface area contributed by atoms with Crippen LogP contribution in [0.1, 0.15) is 44.1 Å². The number of alkyl carbamates (subject to hydrolysis) is 1. The maximum atomic E-state index is 12.6. The van der Waals surface area contributed by atoms with E-state index in [1.54, 1.807) is 0 Å². The number of carbonyl (C=O) groups excluding carboxylic acids is 3. The molecule has 0 bridgehead atoms. The largest absolute Gasteiger partial charge is 0.445 e. The molecule has 1 aliphatic rings. The van der Waals surface area contributed by atoms with E-state index >= 15 is 0 Å². The van der Waals surface area contributed by atoms with Crippen molar-refractivity contribution < 1.29 is 19.1 Å². The van der Waals surface area contributed by atoms with Crippen molar-refractivity contribution >= 4 is 17.9 Å². The molecule has 0 aromatic heterocycles. The molecule has 28 heavy (non-hydrogen) atoms. The molecule has 0 radical (unpaired) electrons. The van der Waals surface area contributed by atoms with Gasteiger partial charge in [-0.2, -0.15) is 0 Å². The van der Waals surface area contributed by atoms with E-state index in [9.17, 15) is 14.4 Å². The summed E-state index contributed by atoms with van der Waals surface area (Å²) in [6, 6.07) is 8.40. The number of ether oxygens (including phenoxy) is 1. The summed E-state index contributed by atoms with van der Waals surface area (Å²) in [5, 5.41) is 5.00. The molecular weight excluding hydrogens is 360 g/mol. The second-order valence-electron chi connectivity index (χ2n) is 6.93. The fraction of sp³-hybridized carbons (Fsp3) is 0.450. The summed E-state index contributed by atoms with van der Waals surface area (Å²) < 4.78 is 5.22. The molecule has 1 aromatic rings. The molecule has 3 amide bonds. The molecule has 0 spiro atoms. The Morgan fingerprint density at radius 2 is 1.82 bits per heavy atom. The lowest BCUT2D eigenvalue weighted by molar-refractivity contribution is -0.124. The van der Waals surface area contributed by atoms with Crippen LogP contribution >= 0.6 is 0 Å². The minimum atomic E-state index is -0.848. The van der Waals surface area contributed by atoms with E-state index in [-0.39, 0.29) is 12.3 Å². The van der Waals surface area contributed by atoms with E-state index < -0.39 is 23.9 Å². The monoisotopic (exact) mass is 388 g/mol. The average molecular weight is 388 g/mol. The lowest BCUT2D eigenvalue weighted by atomic mass is 9.84. The van der Waals surface area contributed by atoms with Gasteiger partial charge in [0.25, 0.3) is 5.91 Å². The Morgan fingerprint density at radius 1 is 1.14 bits per heavy atom. The fourth-order valence-electron chi connectivity index (χ4n) is 3.30. The van der Waals surface area contributed by atoms with Gasteiger partial charge in [-0.05, 0) is 17.9 Å². The predicted octanol–water partition coefficient (Wildman–Crippen LogP) is 1.65. The Bertz CT molecular complexity index is 699. The summed E-state index contributed by atoms with van der Waals surface area (Å²) in [4.78, 5) is 36.1. The number of hydrogen-bond acceptors (Lipinski definition) is 5. The molecule has 6 N–H and O–H groups in total. The van der Waals surface area contributed by atoms with Crippen molar-refractivity contribution in [2.45, 2.75) is 51.2 Å². The van der Waals surface area contributed by atoms with E-state index in [0.29, 0.717) is 12.3 Å². The molecule has 8 heteroatoms. The number of rotatable bonds is 8. The molecule has 0 aliphatic heterocycles. The molecule has 1 fully saturated rings. The van der Waals surface area contributed by atoms with Crippen molar-refractivity contribution in [1.29, 1.82) is 0 Å². The quantitative estimate of drug-likeness (QED) is 0.502. The maximum absolute atomic E-state index is 12.6. The van der Waals surface area contributed by atoms with E-state index in [4.69, 9.17) is 16.2 Å². The summed E-state index contributed by atoms with van der Waals surface area (Å²) in [6.07, 6.45) is 6.09. The molecule has 8 nitrogen and oxygen atoms in total. The van der Waals surface area contributed by atoms with Crippen molar-refractivity contribution in [3.05, 3.63) is 47.8 Å². The van der Waals surface area contributed by atoms with Crippen molar-refractivity contribution in [2.75, 3.05) is 0 Å². The number of benzene rings is 1. The highest BCUT2D eigenvalue weighted by Gasteiger charge is 2.27. The van der Waals surface area contributed by atoms with Crippen LogP contribution in [0, 0.1) is 5.92 Å². The van der Waals surface area contributed by atoms with Crippen LogP contribution in [0.25, 0.3) is 0 Å². The van der Waals surface area contributed by atoms with Crippen LogP contribution in [0.3, 0.4) is 0 Å². The second kappa shape index (κ2) is 11.0. The number of nitrogens with one attached hydrogen (secondary N) is 2. The summed E-state index contributed by atoms with van der Waals surface area (Å²) >= 11 is 0. The maximum Gasteiger partial charge on any atom is 0.408 e. The van der Waals surface area contributed by atoms with Crippen molar-refractivity contribution in [3.8, 4) is 0 Å². The standard InChI is InChI=1S/C20H28N4O4/c21-12-17(18(22)25)23-19(26)16(11-14-7-3-1-4-8-14)24-20(27)28-13-15-9-5-2-6-10-15/h2,5-6,9-10,12,14,16H,1,3-4,7-8,11,13,21H2,(H2,22,25)(H,23,26)(H,24,27)/b17-12+/t16-/m0/s1. The van der Waals surface area contributed by atoms with Gasteiger partial charge in [-0.3, -0.25) is 9.59 Å². The zero-order valence-corrected chi connectivity index (χ0v) is 15.9. The predicted molar refractivity (Wildman–Crippen MR) is 104 cm³/mol. The lowest BCUT2D eigenvalue weighted by Gasteiger charge is -2.26. The number of amides is 3. The topological polar surface area (TPSA) is 137 Å². The average Bonchev–Trinajstić information content (AvgIpc) is 2.71. The zero-order chi connectivity index (χ0) is 20.4. The lowest BCUT2D eigenvalue weighted by Crippen LogP contribution is -2.49. The minimum Gasteiger partial charge on any atom is -0.445 e. The van der Waals surface area contributed by atoms with Crippen LogP contribution in [-0.4, -0.2) is 23.9 Å². The van der Waals surface area contributed by atoms with Gasteiger partial charge in [0.05, 0.1) is 0 Å². The molecule has 1 saturated carbocycles. The van der Waals surface area contributed by atoms with Gasteiger partial charge in [-0.1, -0.05) is 62.4 Å². The zero-order valence-electron chi connectivity index (χ0n) is 15.9. The third-order valence-corrected chi connectivity index (χ3v) is 4.81. The Kier molecular flexibility index (Phi) is 8.33. The normalized spacial score (nSPS) is 16.1.